The van der Waals surface area contributed by atoms with E-state index in [0.29, 0.717) is 23.0 Å². The van der Waals surface area contributed by atoms with Crippen LogP contribution in [0.25, 0.3) is 11.2 Å². The summed E-state index contributed by atoms with van der Waals surface area (Å²) in [5, 5.41) is 0. The molecule has 2 atom stereocenters. The Morgan fingerprint density at radius 3 is 3.05 bits per heavy atom. The number of imidazole rings is 1. The lowest BCUT2D eigenvalue weighted by Gasteiger charge is -2.23. The SMILES string of the molecule is CCC[C@H](C)Oc1nc(N)c2ncn([C@@H]3CCCCO3)c2n1. The average Bonchev–Trinajstić information content (AvgIpc) is 2.92. The second-order valence-corrected chi connectivity index (χ2v) is 5.75. The summed E-state index contributed by atoms with van der Waals surface area (Å²) in [5.41, 5.74) is 7.28. The molecule has 1 aliphatic rings. The van der Waals surface area contributed by atoms with Gasteiger partial charge in [-0.25, -0.2) is 4.98 Å². The van der Waals surface area contributed by atoms with Gasteiger partial charge in [-0.1, -0.05) is 13.3 Å². The minimum Gasteiger partial charge on any atom is -0.460 e. The number of anilines is 1. The summed E-state index contributed by atoms with van der Waals surface area (Å²) in [6.45, 7) is 4.89. The number of hydrogen-bond acceptors (Lipinski definition) is 6. The zero-order valence-corrected chi connectivity index (χ0v) is 13.2. The first-order chi connectivity index (χ1) is 10.7. The number of nitrogens with zero attached hydrogens (tertiary/aromatic N) is 4. The van der Waals surface area contributed by atoms with Gasteiger partial charge in [0.05, 0.1) is 12.4 Å². The van der Waals surface area contributed by atoms with Crippen LogP contribution in [0.15, 0.2) is 6.33 Å². The summed E-state index contributed by atoms with van der Waals surface area (Å²) in [7, 11) is 0. The Hall–Kier alpha value is -1.89. The summed E-state index contributed by atoms with van der Waals surface area (Å²) >= 11 is 0. The Bertz CT molecular complexity index is 636. The number of fused-ring (bicyclic) bond motifs is 1. The first kappa shape index (κ1) is 15.0. The molecule has 0 amide bonds. The zero-order chi connectivity index (χ0) is 15.5. The standard InChI is InChI=1S/C15H23N5O2/c1-3-6-10(2)22-15-18-13(16)12-14(19-15)20(9-17-12)11-7-4-5-8-21-11/h9-11H,3-8H2,1-2H3,(H2,16,18,19)/t10-,11-/m0/s1. The first-order valence-corrected chi connectivity index (χ1v) is 7.97. The minimum absolute atomic E-state index is 0.0334. The van der Waals surface area contributed by atoms with Gasteiger partial charge in [0.2, 0.25) is 0 Å². The van der Waals surface area contributed by atoms with E-state index in [1.54, 1.807) is 6.33 Å². The zero-order valence-electron chi connectivity index (χ0n) is 13.2. The molecule has 0 spiro atoms. The maximum absolute atomic E-state index is 6.00. The van der Waals surface area contributed by atoms with Gasteiger partial charge in [-0.3, -0.25) is 4.57 Å². The van der Waals surface area contributed by atoms with E-state index in [1.165, 1.54) is 0 Å². The maximum Gasteiger partial charge on any atom is 0.320 e. The van der Waals surface area contributed by atoms with Crippen molar-refractivity contribution >= 4 is 17.0 Å². The fraction of sp³-hybridized carbons (Fsp3) is 0.667. The Morgan fingerprint density at radius 1 is 1.45 bits per heavy atom. The molecule has 7 heteroatoms. The lowest BCUT2D eigenvalue weighted by atomic mass is 10.2. The van der Waals surface area contributed by atoms with E-state index in [4.69, 9.17) is 15.2 Å². The highest BCUT2D eigenvalue weighted by Crippen LogP contribution is 2.28. The lowest BCUT2D eigenvalue weighted by Crippen LogP contribution is -2.18. The molecule has 2 N–H and O–H groups in total. The fourth-order valence-electron chi connectivity index (χ4n) is 2.77. The smallest absolute Gasteiger partial charge is 0.320 e. The quantitative estimate of drug-likeness (QED) is 0.913. The number of nitrogen functional groups attached to an aromatic ring is 1. The molecule has 1 fully saturated rings. The molecule has 7 nitrogen and oxygen atoms in total. The van der Waals surface area contributed by atoms with Crippen molar-refractivity contribution in [3.63, 3.8) is 0 Å². The van der Waals surface area contributed by atoms with E-state index in [2.05, 4.69) is 21.9 Å². The van der Waals surface area contributed by atoms with Gasteiger partial charge in [-0.15, -0.1) is 0 Å². The van der Waals surface area contributed by atoms with Crippen molar-refractivity contribution in [2.75, 3.05) is 12.3 Å². The van der Waals surface area contributed by atoms with Crippen molar-refractivity contribution in [2.45, 2.75) is 58.3 Å². The predicted molar refractivity (Wildman–Crippen MR) is 83.6 cm³/mol. The molecule has 0 aliphatic carbocycles. The van der Waals surface area contributed by atoms with E-state index in [0.717, 1.165) is 38.7 Å². The van der Waals surface area contributed by atoms with Crippen molar-refractivity contribution in [2.24, 2.45) is 0 Å². The predicted octanol–water partition coefficient (Wildman–Crippen LogP) is 2.68. The highest BCUT2D eigenvalue weighted by atomic mass is 16.5. The first-order valence-electron chi connectivity index (χ1n) is 7.97. The van der Waals surface area contributed by atoms with Crippen LogP contribution in [0, 0.1) is 0 Å². The lowest BCUT2D eigenvalue weighted by molar-refractivity contribution is -0.0298. The molecule has 0 unspecified atom stereocenters. The number of ether oxygens (including phenoxy) is 2. The van der Waals surface area contributed by atoms with E-state index >= 15 is 0 Å². The summed E-state index contributed by atoms with van der Waals surface area (Å²) in [4.78, 5) is 13.0. The van der Waals surface area contributed by atoms with Crippen molar-refractivity contribution in [1.82, 2.24) is 19.5 Å². The summed E-state index contributed by atoms with van der Waals surface area (Å²) in [5.74, 6) is 0.346. The molecule has 0 aromatic carbocycles. The molecule has 0 radical (unpaired) electrons. The monoisotopic (exact) mass is 305 g/mol. The summed E-state index contributed by atoms with van der Waals surface area (Å²) < 4.78 is 13.5. The molecule has 0 saturated carbocycles. The van der Waals surface area contributed by atoms with Crippen LogP contribution in [-0.4, -0.2) is 32.2 Å². The van der Waals surface area contributed by atoms with Gasteiger partial charge in [0.1, 0.15) is 6.23 Å². The molecular weight excluding hydrogens is 282 g/mol. The maximum atomic E-state index is 6.00. The van der Waals surface area contributed by atoms with Crippen LogP contribution in [0.1, 0.15) is 52.2 Å². The van der Waals surface area contributed by atoms with Crippen LogP contribution in [0.2, 0.25) is 0 Å². The van der Waals surface area contributed by atoms with Crippen LogP contribution < -0.4 is 10.5 Å². The highest BCUT2D eigenvalue weighted by molar-refractivity contribution is 5.81. The molecule has 2 aromatic rings. The van der Waals surface area contributed by atoms with Crippen LogP contribution in [0.3, 0.4) is 0 Å². The average molecular weight is 305 g/mol. The van der Waals surface area contributed by atoms with Gasteiger partial charge in [0, 0.05) is 6.61 Å². The van der Waals surface area contributed by atoms with E-state index in [1.807, 2.05) is 11.5 Å². The van der Waals surface area contributed by atoms with Gasteiger partial charge >= 0.3 is 6.01 Å². The summed E-state index contributed by atoms with van der Waals surface area (Å²) in [6.07, 6.45) is 6.95. The van der Waals surface area contributed by atoms with Gasteiger partial charge in [-0.2, -0.15) is 9.97 Å². The normalized spacial score (nSPS) is 20.2. The molecule has 3 heterocycles. The summed E-state index contributed by atoms with van der Waals surface area (Å²) in [6, 6.07) is 0.309. The molecule has 22 heavy (non-hydrogen) atoms. The highest BCUT2D eigenvalue weighted by Gasteiger charge is 2.21. The Morgan fingerprint density at radius 2 is 2.32 bits per heavy atom. The molecule has 2 aromatic heterocycles. The molecule has 1 aliphatic heterocycles. The number of nitrogens with two attached hydrogens (primary N) is 1. The molecular formula is C15H23N5O2. The van der Waals surface area contributed by atoms with E-state index in [-0.39, 0.29) is 12.3 Å². The second-order valence-electron chi connectivity index (χ2n) is 5.75. The molecule has 0 bridgehead atoms. The fourth-order valence-corrected chi connectivity index (χ4v) is 2.77. The third kappa shape index (κ3) is 2.99. The van der Waals surface area contributed by atoms with Gasteiger partial charge < -0.3 is 15.2 Å². The van der Waals surface area contributed by atoms with Crippen LogP contribution in [-0.2, 0) is 4.74 Å². The van der Waals surface area contributed by atoms with Crippen molar-refractivity contribution < 1.29 is 9.47 Å². The van der Waals surface area contributed by atoms with Crippen molar-refractivity contribution in [1.29, 1.82) is 0 Å². The van der Waals surface area contributed by atoms with Gasteiger partial charge in [0.15, 0.2) is 17.0 Å². The molecule has 120 valence electrons. The molecule has 3 rings (SSSR count). The third-order valence-corrected chi connectivity index (χ3v) is 3.90. The number of rotatable bonds is 5. The van der Waals surface area contributed by atoms with Gasteiger partial charge in [-0.05, 0) is 32.6 Å². The Balaban J connectivity index is 1.92. The van der Waals surface area contributed by atoms with Gasteiger partial charge in [0.25, 0.3) is 0 Å². The topological polar surface area (TPSA) is 88.1 Å². The van der Waals surface area contributed by atoms with E-state index in [9.17, 15) is 0 Å². The Labute approximate surface area is 129 Å². The molecule has 1 saturated heterocycles. The largest absolute Gasteiger partial charge is 0.460 e. The van der Waals surface area contributed by atoms with Crippen LogP contribution in [0.4, 0.5) is 5.82 Å². The third-order valence-electron chi connectivity index (χ3n) is 3.90. The Kier molecular flexibility index (Phi) is 4.42. The number of hydrogen-bond donors (Lipinski definition) is 1. The number of aromatic nitrogens is 4. The second kappa shape index (κ2) is 6.48. The van der Waals surface area contributed by atoms with E-state index < -0.39 is 0 Å². The van der Waals surface area contributed by atoms with Crippen molar-refractivity contribution in [3.8, 4) is 6.01 Å². The van der Waals surface area contributed by atoms with Crippen molar-refractivity contribution in [3.05, 3.63) is 6.33 Å². The van der Waals surface area contributed by atoms with Crippen LogP contribution >= 0.6 is 0 Å². The van der Waals surface area contributed by atoms with Crippen LogP contribution in [0.5, 0.6) is 6.01 Å². The minimum atomic E-state index is -0.0334.